The van der Waals surface area contributed by atoms with Crippen molar-refractivity contribution in [1.82, 2.24) is 9.97 Å². The minimum Gasteiger partial charge on any atom is -0.496 e. The molecule has 37 heavy (non-hydrogen) atoms. The highest BCUT2D eigenvalue weighted by molar-refractivity contribution is 6.38. The molecule has 0 atom stereocenters. The number of rotatable bonds is 6. The number of guanidine groups is 1. The Bertz CT molecular complexity index is 1340. The summed E-state index contributed by atoms with van der Waals surface area (Å²) in [5.74, 6) is -0.947. The summed E-state index contributed by atoms with van der Waals surface area (Å²) < 4.78 is 45.5. The molecule has 0 unspecified atom stereocenters. The number of aromatic nitrogens is 2. The Labute approximate surface area is 220 Å². The Balaban J connectivity index is 1.96. The molecule has 0 aliphatic heterocycles. The molecule has 0 saturated carbocycles. The molecule has 3 aromatic rings. The van der Waals surface area contributed by atoms with E-state index in [4.69, 9.17) is 33.7 Å². The van der Waals surface area contributed by atoms with Gasteiger partial charge in [0.1, 0.15) is 23.1 Å². The van der Waals surface area contributed by atoms with Crippen molar-refractivity contribution in [3.8, 4) is 5.75 Å². The van der Waals surface area contributed by atoms with Crippen LogP contribution in [0.4, 0.5) is 36.2 Å². The molecule has 4 N–H and O–H groups in total. The van der Waals surface area contributed by atoms with E-state index in [2.05, 4.69) is 25.6 Å². The van der Waals surface area contributed by atoms with Crippen LogP contribution in [-0.2, 0) is 6.18 Å². The normalized spacial score (nSPS) is 11.8. The zero-order chi connectivity index (χ0) is 27.5. The summed E-state index contributed by atoms with van der Waals surface area (Å²) in [6.07, 6.45) is -1.93. The third-order valence-corrected chi connectivity index (χ3v) is 5.51. The molecule has 0 fully saturated rings. The molecule has 0 aliphatic rings. The molecule has 3 rings (SSSR count). The van der Waals surface area contributed by atoms with Crippen LogP contribution in [0, 0.1) is 6.92 Å². The largest absolute Gasteiger partial charge is 0.496 e. The minimum atomic E-state index is -4.64. The number of anilines is 3. The average Bonchev–Trinajstić information content (AvgIpc) is 2.81. The number of carbonyl (C=O) groups is 1. The van der Waals surface area contributed by atoms with Crippen molar-refractivity contribution in [1.29, 1.82) is 0 Å². The molecule has 1 aromatic carbocycles. The van der Waals surface area contributed by atoms with E-state index in [1.807, 2.05) is 0 Å². The van der Waals surface area contributed by atoms with Crippen LogP contribution < -0.4 is 26.0 Å². The maximum absolute atomic E-state index is 13.4. The fraction of sp³-hybridized carbons (Fsp3) is 0.217. The molecular weight excluding hydrogens is 534 g/mol. The number of benzene rings is 1. The maximum atomic E-state index is 13.4. The van der Waals surface area contributed by atoms with Crippen LogP contribution in [0.5, 0.6) is 5.75 Å². The van der Waals surface area contributed by atoms with E-state index in [9.17, 15) is 18.0 Å². The number of pyridine rings is 2. The summed E-state index contributed by atoms with van der Waals surface area (Å²) >= 11 is 12.1. The standard InChI is InChI=1S/C23H22Cl2F3N7O2/c1-11-5-17(37-4)13(8-16(11)31-22(29)34-20-14(24)9-30-10-15(20)25)21(36)33-18-6-12(23(26,27)28)7-19(32-18)35(2)3/h5-10H,1-4H3,(H,32,33,36)(H3,29,30,31,34). The average molecular weight is 556 g/mol. The van der Waals surface area contributed by atoms with Gasteiger partial charge in [-0.05, 0) is 36.8 Å². The van der Waals surface area contributed by atoms with Crippen molar-refractivity contribution in [3.63, 3.8) is 0 Å². The summed E-state index contributed by atoms with van der Waals surface area (Å²) in [5, 5.41) is 5.62. The summed E-state index contributed by atoms with van der Waals surface area (Å²) in [6, 6.07) is 4.61. The van der Waals surface area contributed by atoms with Gasteiger partial charge in [-0.1, -0.05) is 23.2 Å². The van der Waals surface area contributed by atoms with Gasteiger partial charge in [0.2, 0.25) is 0 Å². The number of nitrogens with one attached hydrogen (secondary N) is 2. The molecule has 0 radical (unpaired) electrons. The van der Waals surface area contributed by atoms with Crippen LogP contribution in [-0.4, -0.2) is 43.0 Å². The van der Waals surface area contributed by atoms with E-state index in [1.54, 1.807) is 13.0 Å². The van der Waals surface area contributed by atoms with Gasteiger partial charge in [-0.25, -0.2) is 9.98 Å². The smallest absolute Gasteiger partial charge is 0.416 e. The number of alkyl halides is 3. The van der Waals surface area contributed by atoms with Gasteiger partial charge in [0.15, 0.2) is 5.96 Å². The summed E-state index contributed by atoms with van der Waals surface area (Å²) in [7, 11) is 4.43. The number of aryl methyl sites for hydroxylation is 1. The van der Waals surface area contributed by atoms with E-state index in [-0.39, 0.29) is 44.6 Å². The number of nitrogens with zero attached hydrogens (tertiary/aromatic N) is 4. The second-order valence-corrected chi connectivity index (χ2v) is 8.70. The lowest BCUT2D eigenvalue weighted by Gasteiger charge is -2.18. The number of hydrogen-bond acceptors (Lipinski definition) is 6. The summed E-state index contributed by atoms with van der Waals surface area (Å²) in [5.41, 5.74) is 6.26. The fourth-order valence-electron chi connectivity index (χ4n) is 3.12. The van der Waals surface area contributed by atoms with Crippen molar-refractivity contribution in [2.45, 2.75) is 13.1 Å². The van der Waals surface area contributed by atoms with Gasteiger partial charge in [-0.3, -0.25) is 9.78 Å². The highest BCUT2D eigenvalue weighted by Crippen LogP contribution is 2.34. The first-order valence-corrected chi connectivity index (χ1v) is 11.2. The molecule has 2 aromatic heterocycles. The monoisotopic (exact) mass is 555 g/mol. The Hall–Kier alpha value is -3.77. The summed E-state index contributed by atoms with van der Waals surface area (Å²) in [4.78, 5) is 26.6. The Morgan fingerprint density at radius 1 is 1.11 bits per heavy atom. The van der Waals surface area contributed by atoms with Crippen LogP contribution in [0.15, 0.2) is 41.7 Å². The first-order valence-electron chi connectivity index (χ1n) is 10.5. The van der Waals surface area contributed by atoms with Gasteiger partial charge in [0.25, 0.3) is 5.91 Å². The minimum absolute atomic E-state index is 0.00832. The van der Waals surface area contributed by atoms with Gasteiger partial charge < -0.3 is 26.0 Å². The number of methoxy groups -OCH3 is 1. The fourth-order valence-corrected chi connectivity index (χ4v) is 3.57. The Morgan fingerprint density at radius 3 is 2.32 bits per heavy atom. The number of ether oxygens (including phenoxy) is 1. The summed E-state index contributed by atoms with van der Waals surface area (Å²) in [6.45, 7) is 1.73. The molecule has 0 aliphatic carbocycles. The molecular formula is C23H22Cl2F3N7O2. The number of aliphatic imine (C=N–C) groups is 1. The molecule has 0 spiro atoms. The zero-order valence-corrected chi connectivity index (χ0v) is 21.5. The SMILES string of the molecule is COc1cc(C)c(NC(N)=Nc2c(Cl)cncc2Cl)cc1C(=O)Nc1cc(C(F)(F)F)cc(N(C)C)n1. The third kappa shape index (κ3) is 6.71. The molecule has 0 bridgehead atoms. The first-order chi connectivity index (χ1) is 17.3. The second-order valence-electron chi connectivity index (χ2n) is 7.89. The van der Waals surface area contributed by atoms with Crippen molar-refractivity contribution < 1.29 is 22.7 Å². The van der Waals surface area contributed by atoms with Crippen LogP contribution in [0.2, 0.25) is 10.0 Å². The quantitative estimate of drug-likeness (QED) is 0.271. The van der Waals surface area contributed by atoms with Gasteiger partial charge in [-0.2, -0.15) is 13.2 Å². The first kappa shape index (κ1) is 27.8. The topological polar surface area (TPSA) is 118 Å². The van der Waals surface area contributed by atoms with Crippen LogP contribution in [0.25, 0.3) is 0 Å². The Morgan fingerprint density at radius 2 is 1.76 bits per heavy atom. The van der Waals surface area contributed by atoms with Gasteiger partial charge in [-0.15, -0.1) is 0 Å². The number of hydrogen-bond donors (Lipinski definition) is 3. The lowest BCUT2D eigenvalue weighted by Crippen LogP contribution is -2.23. The zero-order valence-electron chi connectivity index (χ0n) is 20.0. The molecule has 1 amide bonds. The van der Waals surface area contributed by atoms with Gasteiger partial charge in [0, 0.05) is 32.2 Å². The van der Waals surface area contributed by atoms with Gasteiger partial charge in [0.05, 0.1) is 28.3 Å². The molecule has 9 nitrogen and oxygen atoms in total. The maximum Gasteiger partial charge on any atom is 0.416 e. The number of amides is 1. The third-order valence-electron chi connectivity index (χ3n) is 4.95. The van der Waals surface area contributed by atoms with E-state index < -0.39 is 17.6 Å². The van der Waals surface area contributed by atoms with Crippen LogP contribution in [0.1, 0.15) is 21.5 Å². The van der Waals surface area contributed by atoms with Gasteiger partial charge >= 0.3 is 6.18 Å². The van der Waals surface area contributed by atoms with E-state index in [0.29, 0.717) is 11.3 Å². The second kappa shape index (κ2) is 11.1. The molecule has 196 valence electrons. The molecule has 14 heteroatoms. The highest BCUT2D eigenvalue weighted by Gasteiger charge is 2.32. The lowest BCUT2D eigenvalue weighted by atomic mass is 10.1. The van der Waals surface area contributed by atoms with Crippen molar-refractivity contribution >= 4 is 58.1 Å². The molecule has 0 saturated heterocycles. The molecule has 2 heterocycles. The number of nitrogens with two attached hydrogens (primary N) is 1. The number of carbonyl (C=O) groups excluding carboxylic acids is 1. The highest BCUT2D eigenvalue weighted by atomic mass is 35.5. The predicted octanol–water partition coefficient (Wildman–Crippen LogP) is 5.50. The van der Waals surface area contributed by atoms with Crippen molar-refractivity contribution in [3.05, 3.63) is 63.4 Å². The Kier molecular flexibility index (Phi) is 8.34. The van der Waals surface area contributed by atoms with E-state index in [1.165, 1.54) is 44.6 Å². The predicted molar refractivity (Wildman–Crippen MR) is 138 cm³/mol. The van der Waals surface area contributed by atoms with E-state index >= 15 is 0 Å². The number of halogens is 5. The van der Waals surface area contributed by atoms with Crippen molar-refractivity contribution in [2.75, 3.05) is 36.7 Å². The lowest BCUT2D eigenvalue weighted by molar-refractivity contribution is -0.137. The van der Waals surface area contributed by atoms with Crippen LogP contribution >= 0.6 is 23.2 Å². The van der Waals surface area contributed by atoms with Crippen molar-refractivity contribution in [2.24, 2.45) is 10.7 Å². The van der Waals surface area contributed by atoms with Crippen LogP contribution in [0.3, 0.4) is 0 Å². The van der Waals surface area contributed by atoms with E-state index in [0.717, 1.165) is 12.1 Å².